The van der Waals surface area contributed by atoms with Crippen molar-refractivity contribution in [1.82, 2.24) is 29.8 Å². The first-order valence-electron chi connectivity index (χ1n) is 13.1. The number of imidazole rings is 1. The normalized spacial score (nSPS) is 19.3. The van der Waals surface area contributed by atoms with Crippen molar-refractivity contribution >= 4 is 34.8 Å². The van der Waals surface area contributed by atoms with Crippen LogP contribution in [0.4, 0.5) is 26.4 Å². The summed E-state index contributed by atoms with van der Waals surface area (Å²) in [5.41, 5.74) is 1.55. The molecule has 0 aliphatic heterocycles. The van der Waals surface area contributed by atoms with Crippen LogP contribution in [0.25, 0.3) is 5.65 Å². The SMILES string of the molecule is CC(C)N(C)C(=O)NC1CCC(Nc2cc(NC3CC3)c3ncc(C(=O)Nc4ccncc4F)n3n2)CC1. The summed E-state index contributed by atoms with van der Waals surface area (Å²) in [5.74, 6) is -0.522. The van der Waals surface area contributed by atoms with Crippen molar-refractivity contribution in [2.45, 2.75) is 76.5 Å². The van der Waals surface area contributed by atoms with Crippen LogP contribution < -0.4 is 21.3 Å². The second kappa shape index (κ2) is 10.8. The van der Waals surface area contributed by atoms with Crippen molar-refractivity contribution in [2.75, 3.05) is 23.0 Å². The van der Waals surface area contributed by atoms with Gasteiger partial charge >= 0.3 is 6.03 Å². The van der Waals surface area contributed by atoms with Crippen LogP contribution in [-0.2, 0) is 0 Å². The monoisotopic (exact) mass is 523 g/mol. The molecule has 0 radical (unpaired) electrons. The average molecular weight is 524 g/mol. The van der Waals surface area contributed by atoms with E-state index in [0.29, 0.717) is 17.5 Å². The van der Waals surface area contributed by atoms with Crippen LogP contribution in [0, 0.1) is 5.82 Å². The fraction of sp³-hybridized carbons (Fsp3) is 0.500. The zero-order chi connectivity index (χ0) is 26.8. The quantitative estimate of drug-likeness (QED) is 0.353. The third kappa shape index (κ3) is 5.79. The number of carbonyl (C=O) groups excluding carboxylic acids is 2. The molecule has 3 heterocycles. The van der Waals surface area contributed by atoms with Crippen LogP contribution in [0.1, 0.15) is 62.9 Å². The van der Waals surface area contributed by atoms with E-state index in [1.807, 2.05) is 19.9 Å². The molecule has 0 unspecified atom stereocenters. The minimum Gasteiger partial charge on any atom is -0.379 e. The summed E-state index contributed by atoms with van der Waals surface area (Å²) in [6, 6.07) is 4.12. The van der Waals surface area contributed by atoms with Crippen LogP contribution in [0.3, 0.4) is 0 Å². The Labute approximate surface area is 220 Å². The lowest BCUT2D eigenvalue weighted by atomic mass is 9.91. The van der Waals surface area contributed by atoms with Crippen LogP contribution in [-0.4, -0.2) is 67.6 Å². The molecule has 2 saturated carbocycles. The second-order valence-electron chi connectivity index (χ2n) is 10.4. The summed E-state index contributed by atoms with van der Waals surface area (Å²) in [6.07, 6.45) is 9.53. The molecular formula is C26H34FN9O2. The largest absolute Gasteiger partial charge is 0.379 e. The molecule has 4 N–H and O–H groups in total. The Kier molecular flexibility index (Phi) is 7.30. The molecule has 0 bridgehead atoms. The molecule has 0 aromatic carbocycles. The first-order valence-corrected chi connectivity index (χ1v) is 13.1. The molecule has 2 aliphatic rings. The Hall–Kier alpha value is -3.96. The zero-order valence-corrected chi connectivity index (χ0v) is 21.9. The lowest BCUT2D eigenvalue weighted by molar-refractivity contribution is 0.102. The number of amides is 3. The fourth-order valence-corrected chi connectivity index (χ4v) is 4.51. The standard InChI is InChI=1S/C26H34FN9O2/c1-15(2)35(3)26(38)32-18-8-6-17(7-9-18)31-23-12-21(30-16-4-5-16)24-29-14-22(36(24)34-23)25(37)33-20-10-11-28-13-19(20)27/h10-18,30H,4-9H2,1-3H3,(H,31,34)(H,32,38)(H,28,33,37). The van der Waals surface area contributed by atoms with Gasteiger partial charge in [0.2, 0.25) is 0 Å². The molecule has 5 rings (SSSR count). The number of hydrogen-bond acceptors (Lipinski definition) is 7. The van der Waals surface area contributed by atoms with Crippen molar-refractivity contribution in [1.29, 1.82) is 0 Å². The van der Waals surface area contributed by atoms with Gasteiger partial charge in [-0.3, -0.25) is 9.78 Å². The summed E-state index contributed by atoms with van der Waals surface area (Å²) >= 11 is 0. The van der Waals surface area contributed by atoms with Crippen molar-refractivity contribution in [3.8, 4) is 0 Å². The molecule has 202 valence electrons. The number of anilines is 3. The Morgan fingerprint density at radius 3 is 2.39 bits per heavy atom. The van der Waals surface area contributed by atoms with Crippen molar-refractivity contribution in [3.63, 3.8) is 0 Å². The van der Waals surface area contributed by atoms with Gasteiger partial charge in [0.15, 0.2) is 17.2 Å². The summed E-state index contributed by atoms with van der Waals surface area (Å²) in [5, 5.41) is 17.4. The Bertz CT molecular complexity index is 1320. The number of halogens is 1. The van der Waals surface area contributed by atoms with Gasteiger partial charge in [-0.2, -0.15) is 0 Å². The van der Waals surface area contributed by atoms with Gasteiger partial charge in [-0.25, -0.2) is 18.7 Å². The van der Waals surface area contributed by atoms with Gasteiger partial charge in [-0.1, -0.05) is 0 Å². The van der Waals surface area contributed by atoms with Crippen LogP contribution >= 0.6 is 0 Å². The van der Waals surface area contributed by atoms with E-state index in [9.17, 15) is 14.0 Å². The van der Waals surface area contributed by atoms with Gasteiger partial charge in [0.1, 0.15) is 5.82 Å². The predicted molar refractivity (Wildman–Crippen MR) is 143 cm³/mol. The van der Waals surface area contributed by atoms with E-state index in [1.54, 1.807) is 11.9 Å². The third-order valence-electron chi connectivity index (χ3n) is 7.16. The molecule has 3 amide bonds. The van der Waals surface area contributed by atoms with Crippen LogP contribution in [0.15, 0.2) is 30.7 Å². The summed E-state index contributed by atoms with van der Waals surface area (Å²) < 4.78 is 15.6. The summed E-state index contributed by atoms with van der Waals surface area (Å²) in [4.78, 5) is 35.3. The lowest BCUT2D eigenvalue weighted by Gasteiger charge is -2.32. The fourth-order valence-electron chi connectivity index (χ4n) is 4.51. The third-order valence-corrected chi connectivity index (χ3v) is 7.16. The molecule has 3 aromatic heterocycles. The molecule has 38 heavy (non-hydrogen) atoms. The maximum atomic E-state index is 14.1. The molecule has 0 atom stereocenters. The van der Waals surface area contributed by atoms with E-state index >= 15 is 0 Å². The highest BCUT2D eigenvalue weighted by atomic mass is 19.1. The molecule has 12 heteroatoms. The number of fused-ring (bicyclic) bond motifs is 1. The van der Waals surface area contributed by atoms with Gasteiger partial charge < -0.3 is 26.2 Å². The Morgan fingerprint density at radius 2 is 1.71 bits per heavy atom. The van der Waals surface area contributed by atoms with Gasteiger partial charge in [0.25, 0.3) is 5.91 Å². The van der Waals surface area contributed by atoms with E-state index in [-0.39, 0.29) is 35.5 Å². The Morgan fingerprint density at radius 1 is 1.03 bits per heavy atom. The minimum atomic E-state index is -0.622. The van der Waals surface area contributed by atoms with E-state index in [0.717, 1.165) is 50.4 Å². The van der Waals surface area contributed by atoms with Gasteiger partial charge in [0, 0.05) is 43.5 Å². The first-order chi connectivity index (χ1) is 18.3. The zero-order valence-electron chi connectivity index (χ0n) is 21.9. The maximum Gasteiger partial charge on any atom is 0.317 e. The van der Waals surface area contributed by atoms with Crippen LogP contribution in [0.2, 0.25) is 0 Å². The minimum absolute atomic E-state index is 0.0361. The number of pyridine rings is 1. The number of nitrogens with one attached hydrogen (secondary N) is 4. The number of aromatic nitrogens is 4. The average Bonchev–Trinajstić information content (AvgIpc) is 3.61. The van der Waals surface area contributed by atoms with E-state index in [2.05, 4.69) is 36.3 Å². The molecule has 3 aromatic rings. The summed E-state index contributed by atoms with van der Waals surface area (Å²) in [6.45, 7) is 3.98. The number of rotatable bonds is 8. The molecule has 2 aliphatic carbocycles. The molecule has 2 fully saturated rings. The molecular weight excluding hydrogens is 489 g/mol. The highest BCUT2D eigenvalue weighted by molar-refractivity contribution is 6.03. The maximum absolute atomic E-state index is 14.1. The van der Waals surface area contributed by atoms with E-state index < -0.39 is 11.7 Å². The number of urea groups is 1. The van der Waals surface area contributed by atoms with E-state index in [4.69, 9.17) is 0 Å². The van der Waals surface area contributed by atoms with Crippen molar-refractivity contribution in [2.24, 2.45) is 0 Å². The van der Waals surface area contributed by atoms with Gasteiger partial charge in [-0.05, 0) is 58.4 Å². The van der Waals surface area contributed by atoms with Crippen molar-refractivity contribution < 1.29 is 14.0 Å². The topological polar surface area (TPSA) is 129 Å². The highest BCUT2D eigenvalue weighted by Crippen LogP contribution is 2.30. The first kappa shape index (κ1) is 25.7. The number of nitrogens with zero attached hydrogens (tertiary/aromatic N) is 5. The second-order valence-corrected chi connectivity index (χ2v) is 10.4. The van der Waals surface area contributed by atoms with Gasteiger partial charge in [-0.15, -0.1) is 5.10 Å². The number of carbonyl (C=O) groups is 2. The lowest BCUT2D eigenvalue weighted by Crippen LogP contribution is -2.47. The number of hydrogen-bond donors (Lipinski definition) is 4. The van der Waals surface area contributed by atoms with E-state index in [1.165, 1.54) is 23.0 Å². The molecule has 0 saturated heterocycles. The van der Waals surface area contributed by atoms with Crippen molar-refractivity contribution in [3.05, 3.63) is 42.2 Å². The highest BCUT2D eigenvalue weighted by Gasteiger charge is 2.27. The Balaban J connectivity index is 1.30. The summed E-state index contributed by atoms with van der Waals surface area (Å²) in [7, 11) is 1.81. The van der Waals surface area contributed by atoms with Crippen LogP contribution in [0.5, 0.6) is 0 Å². The molecule has 11 nitrogen and oxygen atoms in total. The molecule has 0 spiro atoms. The van der Waals surface area contributed by atoms with Gasteiger partial charge in [0.05, 0.1) is 23.8 Å². The predicted octanol–water partition coefficient (Wildman–Crippen LogP) is 3.86. The smallest absolute Gasteiger partial charge is 0.317 e.